The molecule has 1 aromatic heterocycles. The molecule has 1 aromatic rings. The fourth-order valence-electron chi connectivity index (χ4n) is 1.13. The van der Waals surface area contributed by atoms with Gasteiger partial charge >= 0.3 is 0 Å². The van der Waals surface area contributed by atoms with Gasteiger partial charge < -0.3 is 15.8 Å². The summed E-state index contributed by atoms with van der Waals surface area (Å²) < 4.78 is 5.16. The van der Waals surface area contributed by atoms with Crippen LogP contribution in [0.15, 0.2) is 0 Å². The van der Waals surface area contributed by atoms with Crippen LogP contribution in [0, 0.1) is 17.2 Å². The first-order chi connectivity index (χ1) is 7.10. The molecule has 0 saturated heterocycles. The normalized spacial score (nSPS) is 10.1. The van der Waals surface area contributed by atoms with Crippen LogP contribution in [0.2, 0.25) is 0 Å². The molecule has 3 N–H and O–H groups in total. The molecule has 1 rings (SSSR count). The molecule has 15 heavy (non-hydrogen) atoms. The predicted octanol–water partition coefficient (Wildman–Crippen LogP) is 2.28. The standard InChI is InChI=1S/C10H15N3OS/c1-6(2)5-13-10-9(14-3)8(12)7(4-11)15-10/h6,13H,5,12H2,1-3H3. The maximum atomic E-state index is 8.83. The van der Waals surface area contributed by atoms with Crippen molar-refractivity contribution in [2.45, 2.75) is 13.8 Å². The van der Waals surface area contributed by atoms with Crippen LogP contribution in [-0.4, -0.2) is 13.7 Å². The van der Waals surface area contributed by atoms with Crippen molar-refractivity contribution in [3.63, 3.8) is 0 Å². The van der Waals surface area contributed by atoms with Crippen LogP contribution in [0.25, 0.3) is 0 Å². The molecule has 0 amide bonds. The highest BCUT2D eigenvalue weighted by Gasteiger charge is 2.16. The number of nitriles is 1. The van der Waals surface area contributed by atoms with Gasteiger partial charge in [-0.05, 0) is 5.92 Å². The largest absolute Gasteiger partial charge is 0.492 e. The Bertz CT molecular complexity index is 379. The first-order valence-corrected chi connectivity index (χ1v) is 5.52. The Balaban J connectivity index is 2.92. The van der Waals surface area contributed by atoms with E-state index in [1.54, 1.807) is 7.11 Å². The number of nitrogens with one attached hydrogen (secondary N) is 1. The van der Waals surface area contributed by atoms with Crippen molar-refractivity contribution in [1.29, 1.82) is 5.26 Å². The lowest BCUT2D eigenvalue weighted by Crippen LogP contribution is -2.07. The zero-order chi connectivity index (χ0) is 11.4. The Hall–Kier alpha value is -1.41. The van der Waals surface area contributed by atoms with Crippen LogP contribution in [0.4, 0.5) is 10.7 Å². The predicted molar refractivity (Wildman–Crippen MR) is 63.3 cm³/mol. The summed E-state index contributed by atoms with van der Waals surface area (Å²) in [5.41, 5.74) is 6.18. The summed E-state index contributed by atoms with van der Waals surface area (Å²) in [7, 11) is 1.56. The third-order valence-corrected chi connectivity index (χ3v) is 2.93. The van der Waals surface area contributed by atoms with E-state index in [0.29, 0.717) is 22.2 Å². The third-order valence-electron chi connectivity index (χ3n) is 1.88. The Kier molecular flexibility index (Phi) is 3.81. The number of nitrogens with two attached hydrogens (primary N) is 1. The molecule has 0 unspecified atom stereocenters. The minimum Gasteiger partial charge on any atom is -0.492 e. The summed E-state index contributed by atoms with van der Waals surface area (Å²) >= 11 is 1.33. The summed E-state index contributed by atoms with van der Waals surface area (Å²) in [6.07, 6.45) is 0. The minimum atomic E-state index is 0.427. The third kappa shape index (κ3) is 2.54. The average Bonchev–Trinajstić information content (AvgIpc) is 2.51. The van der Waals surface area contributed by atoms with Crippen LogP contribution in [-0.2, 0) is 0 Å². The van der Waals surface area contributed by atoms with Crippen LogP contribution in [0.1, 0.15) is 18.7 Å². The fraction of sp³-hybridized carbons (Fsp3) is 0.500. The Morgan fingerprint density at radius 2 is 2.27 bits per heavy atom. The van der Waals surface area contributed by atoms with Gasteiger partial charge in [0.2, 0.25) is 0 Å². The van der Waals surface area contributed by atoms with E-state index >= 15 is 0 Å². The molecule has 0 aliphatic carbocycles. The summed E-state index contributed by atoms with van der Waals surface area (Å²) in [5, 5.41) is 12.9. The number of nitrogens with zero attached hydrogens (tertiary/aromatic N) is 1. The van der Waals surface area contributed by atoms with Gasteiger partial charge in [-0.15, -0.1) is 11.3 Å². The monoisotopic (exact) mass is 225 g/mol. The second kappa shape index (κ2) is 4.89. The van der Waals surface area contributed by atoms with Crippen molar-refractivity contribution in [3.05, 3.63) is 4.88 Å². The molecule has 0 aromatic carbocycles. The van der Waals surface area contributed by atoms with E-state index in [4.69, 9.17) is 15.7 Å². The summed E-state index contributed by atoms with van der Waals surface area (Å²) in [6.45, 7) is 5.06. The topological polar surface area (TPSA) is 71.1 Å². The first-order valence-electron chi connectivity index (χ1n) is 4.70. The number of hydrogen-bond donors (Lipinski definition) is 2. The zero-order valence-electron chi connectivity index (χ0n) is 9.13. The van der Waals surface area contributed by atoms with E-state index in [0.717, 1.165) is 11.5 Å². The molecule has 0 bridgehead atoms. The van der Waals surface area contributed by atoms with E-state index in [1.165, 1.54) is 11.3 Å². The van der Waals surface area contributed by atoms with Crippen LogP contribution >= 0.6 is 11.3 Å². The van der Waals surface area contributed by atoms with Crippen LogP contribution < -0.4 is 15.8 Å². The van der Waals surface area contributed by atoms with Crippen molar-refractivity contribution in [3.8, 4) is 11.8 Å². The molecular weight excluding hydrogens is 210 g/mol. The first kappa shape index (κ1) is 11.7. The lowest BCUT2D eigenvalue weighted by Gasteiger charge is -2.08. The van der Waals surface area contributed by atoms with Crippen molar-refractivity contribution >= 4 is 22.0 Å². The summed E-state index contributed by atoms with van der Waals surface area (Å²) in [5.74, 6) is 1.11. The lowest BCUT2D eigenvalue weighted by molar-refractivity contribution is 0.420. The molecule has 0 atom stereocenters. The van der Waals surface area contributed by atoms with Gasteiger partial charge in [0, 0.05) is 6.54 Å². The fourth-order valence-corrected chi connectivity index (χ4v) is 2.02. The van der Waals surface area contributed by atoms with Gasteiger partial charge in [-0.3, -0.25) is 0 Å². The Labute approximate surface area is 93.7 Å². The molecule has 0 radical (unpaired) electrons. The number of anilines is 2. The van der Waals surface area contributed by atoms with E-state index in [2.05, 4.69) is 25.2 Å². The van der Waals surface area contributed by atoms with E-state index in [1.807, 2.05) is 0 Å². The molecule has 0 fully saturated rings. The highest BCUT2D eigenvalue weighted by atomic mass is 32.1. The molecule has 82 valence electrons. The molecular formula is C10H15N3OS. The van der Waals surface area contributed by atoms with E-state index in [9.17, 15) is 0 Å². The highest BCUT2D eigenvalue weighted by Crippen LogP contribution is 2.41. The summed E-state index contributed by atoms with van der Waals surface area (Å²) in [6, 6.07) is 2.05. The highest BCUT2D eigenvalue weighted by molar-refractivity contribution is 7.17. The number of nitrogen functional groups attached to an aromatic ring is 1. The number of thiophene rings is 1. The van der Waals surface area contributed by atoms with Gasteiger partial charge in [0.05, 0.1) is 7.11 Å². The van der Waals surface area contributed by atoms with Crippen LogP contribution in [0.5, 0.6) is 5.75 Å². The van der Waals surface area contributed by atoms with Gasteiger partial charge in [-0.1, -0.05) is 13.8 Å². The van der Waals surface area contributed by atoms with Gasteiger partial charge in [0.1, 0.15) is 21.6 Å². The minimum absolute atomic E-state index is 0.427. The molecule has 1 heterocycles. The van der Waals surface area contributed by atoms with E-state index in [-0.39, 0.29) is 0 Å². The number of ether oxygens (including phenoxy) is 1. The molecule has 0 spiro atoms. The van der Waals surface area contributed by atoms with Gasteiger partial charge in [-0.25, -0.2) is 0 Å². The maximum absolute atomic E-state index is 8.83. The van der Waals surface area contributed by atoms with Gasteiger partial charge in [0.15, 0.2) is 5.75 Å². The second-order valence-electron chi connectivity index (χ2n) is 3.59. The second-order valence-corrected chi connectivity index (χ2v) is 4.61. The Morgan fingerprint density at radius 1 is 1.60 bits per heavy atom. The Morgan fingerprint density at radius 3 is 2.73 bits per heavy atom. The lowest BCUT2D eigenvalue weighted by atomic mass is 10.2. The van der Waals surface area contributed by atoms with Crippen molar-refractivity contribution in [1.82, 2.24) is 0 Å². The SMILES string of the molecule is COc1c(NCC(C)C)sc(C#N)c1N. The molecule has 0 aliphatic heterocycles. The van der Waals surface area contributed by atoms with Gasteiger partial charge in [0.25, 0.3) is 0 Å². The smallest absolute Gasteiger partial charge is 0.177 e. The van der Waals surface area contributed by atoms with Gasteiger partial charge in [-0.2, -0.15) is 5.26 Å². The summed E-state index contributed by atoms with van der Waals surface area (Å²) in [4.78, 5) is 0.498. The number of methoxy groups -OCH3 is 1. The number of hydrogen-bond acceptors (Lipinski definition) is 5. The average molecular weight is 225 g/mol. The van der Waals surface area contributed by atoms with Crippen LogP contribution in [0.3, 0.4) is 0 Å². The van der Waals surface area contributed by atoms with Crippen molar-refractivity contribution < 1.29 is 4.74 Å². The van der Waals surface area contributed by atoms with Crippen molar-refractivity contribution in [2.24, 2.45) is 5.92 Å². The molecule has 0 aliphatic rings. The molecule has 0 saturated carbocycles. The molecule has 5 heteroatoms. The van der Waals surface area contributed by atoms with E-state index < -0.39 is 0 Å². The zero-order valence-corrected chi connectivity index (χ0v) is 9.94. The number of rotatable bonds is 4. The quantitative estimate of drug-likeness (QED) is 0.824. The van der Waals surface area contributed by atoms with Crippen molar-refractivity contribution in [2.75, 3.05) is 24.7 Å². The maximum Gasteiger partial charge on any atom is 0.177 e. The molecule has 4 nitrogen and oxygen atoms in total.